The van der Waals surface area contributed by atoms with E-state index in [0.717, 1.165) is 101 Å². The number of methoxy groups -OCH3 is 2. The van der Waals surface area contributed by atoms with Crippen LogP contribution in [0.25, 0.3) is 55.6 Å². The lowest BCUT2D eigenvalue weighted by Gasteiger charge is -2.28. The van der Waals surface area contributed by atoms with Gasteiger partial charge >= 0.3 is 0 Å². The van der Waals surface area contributed by atoms with Gasteiger partial charge in [0.2, 0.25) is 0 Å². The Labute approximate surface area is 387 Å². The van der Waals surface area contributed by atoms with Gasteiger partial charge in [-0.3, -0.25) is 0 Å². The molecule has 0 saturated heterocycles. The molecule has 10 aromatic rings. The van der Waals surface area contributed by atoms with Crippen LogP contribution in [0.3, 0.4) is 0 Å². The van der Waals surface area contributed by atoms with Crippen molar-refractivity contribution in [2.45, 2.75) is 0 Å². The molecule has 10 rings (SSSR count). The van der Waals surface area contributed by atoms with Gasteiger partial charge in [0, 0.05) is 34.1 Å². The SMILES string of the molecule is COc1ccc(N(c2ccc(-c3ccc(N(c4ccc(OC)cc4)c4cc(-c5ccccc5)cc(-c5ccccc5)c4)cc3)cc2)c2cc(-c3ccccc3)cc(-c3ccccc3)c2)cc1. The van der Waals surface area contributed by atoms with Crippen LogP contribution in [0.2, 0.25) is 0 Å². The molecular weight excluding hydrogens is 805 g/mol. The van der Waals surface area contributed by atoms with Crippen LogP contribution in [0.5, 0.6) is 11.5 Å². The highest BCUT2D eigenvalue weighted by Crippen LogP contribution is 2.43. The molecule has 0 heterocycles. The minimum Gasteiger partial charge on any atom is -0.497 e. The number of nitrogens with zero attached hydrogens (tertiary/aromatic N) is 2. The van der Waals surface area contributed by atoms with Crippen molar-refractivity contribution in [1.82, 2.24) is 0 Å². The van der Waals surface area contributed by atoms with Gasteiger partial charge in [-0.2, -0.15) is 0 Å². The summed E-state index contributed by atoms with van der Waals surface area (Å²) in [5.74, 6) is 1.62. The zero-order valence-corrected chi connectivity index (χ0v) is 37.0. The number of hydrogen-bond acceptors (Lipinski definition) is 4. The van der Waals surface area contributed by atoms with Gasteiger partial charge in [0.15, 0.2) is 0 Å². The zero-order chi connectivity index (χ0) is 44.7. The van der Waals surface area contributed by atoms with E-state index in [2.05, 4.69) is 240 Å². The van der Waals surface area contributed by atoms with E-state index in [1.54, 1.807) is 14.2 Å². The Hall–Kier alpha value is -8.60. The Bertz CT molecular complexity index is 2820. The molecule has 0 fully saturated rings. The molecule has 0 atom stereocenters. The van der Waals surface area contributed by atoms with Crippen molar-refractivity contribution >= 4 is 34.1 Å². The standard InChI is InChI=1S/C62H48N2O2/c1-65-61-35-31-57(32-36-61)63(59-41-51(45-15-7-3-8-16-45)39-52(42-59)46-17-9-4-10-18-46)55-27-23-49(24-28-55)50-25-29-56(30-26-50)64(58-33-37-62(66-2)38-34-58)60-43-53(47-19-11-5-12-20-47)40-54(44-60)48-21-13-6-14-22-48/h3-44H,1-2H3. The largest absolute Gasteiger partial charge is 0.497 e. The smallest absolute Gasteiger partial charge is 0.119 e. The zero-order valence-electron chi connectivity index (χ0n) is 37.0. The molecule has 0 amide bonds. The second-order valence-electron chi connectivity index (χ2n) is 16.2. The first-order chi connectivity index (χ1) is 32.6. The van der Waals surface area contributed by atoms with Crippen LogP contribution in [-0.4, -0.2) is 14.2 Å². The van der Waals surface area contributed by atoms with E-state index in [9.17, 15) is 0 Å². The van der Waals surface area contributed by atoms with E-state index in [1.807, 2.05) is 24.3 Å². The summed E-state index contributed by atoms with van der Waals surface area (Å²) < 4.78 is 11.2. The number of rotatable bonds is 13. The summed E-state index contributed by atoms with van der Waals surface area (Å²) >= 11 is 0. The first-order valence-corrected chi connectivity index (χ1v) is 22.2. The van der Waals surface area contributed by atoms with Crippen LogP contribution >= 0.6 is 0 Å². The Kier molecular flexibility index (Phi) is 11.9. The molecule has 318 valence electrons. The Morgan fingerprint density at radius 1 is 0.212 bits per heavy atom. The number of hydrogen-bond donors (Lipinski definition) is 0. The molecule has 0 bridgehead atoms. The molecular formula is C62H48N2O2. The van der Waals surface area contributed by atoms with Gasteiger partial charge < -0.3 is 19.3 Å². The molecule has 0 saturated carbocycles. The number of benzene rings is 10. The summed E-state index contributed by atoms with van der Waals surface area (Å²) in [5, 5.41) is 0. The maximum Gasteiger partial charge on any atom is 0.119 e. The lowest BCUT2D eigenvalue weighted by Crippen LogP contribution is -2.10. The van der Waals surface area contributed by atoms with Crippen molar-refractivity contribution in [3.63, 3.8) is 0 Å². The maximum absolute atomic E-state index is 5.58. The minimum absolute atomic E-state index is 0.812. The molecule has 0 aromatic heterocycles. The van der Waals surface area contributed by atoms with Crippen molar-refractivity contribution in [1.29, 1.82) is 0 Å². The third-order valence-electron chi connectivity index (χ3n) is 12.0. The summed E-state index contributed by atoms with van der Waals surface area (Å²) in [6, 6.07) is 90.4. The topological polar surface area (TPSA) is 24.9 Å². The van der Waals surface area contributed by atoms with Crippen LogP contribution in [-0.2, 0) is 0 Å². The quantitative estimate of drug-likeness (QED) is 0.115. The van der Waals surface area contributed by atoms with Crippen LogP contribution < -0.4 is 19.3 Å². The summed E-state index contributed by atoms with van der Waals surface area (Å²) in [6.45, 7) is 0. The molecule has 0 aliphatic rings. The lowest BCUT2D eigenvalue weighted by molar-refractivity contribution is 0.414. The summed E-state index contributed by atoms with van der Waals surface area (Å²) in [6.07, 6.45) is 0. The number of anilines is 6. The van der Waals surface area contributed by atoms with Crippen molar-refractivity contribution < 1.29 is 9.47 Å². The predicted molar refractivity (Wildman–Crippen MR) is 276 cm³/mol. The van der Waals surface area contributed by atoms with E-state index in [-0.39, 0.29) is 0 Å². The molecule has 0 aliphatic heterocycles. The fraction of sp³-hybridized carbons (Fsp3) is 0.0323. The van der Waals surface area contributed by atoms with E-state index in [4.69, 9.17) is 9.47 Å². The average Bonchev–Trinajstić information content (AvgIpc) is 3.40. The molecule has 10 aromatic carbocycles. The van der Waals surface area contributed by atoms with E-state index >= 15 is 0 Å². The van der Waals surface area contributed by atoms with E-state index in [0.29, 0.717) is 0 Å². The van der Waals surface area contributed by atoms with E-state index < -0.39 is 0 Å². The Morgan fingerprint density at radius 3 is 0.682 bits per heavy atom. The fourth-order valence-electron chi connectivity index (χ4n) is 8.63. The molecule has 66 heavy (non-hydrogen) atoms. The number of ether oxygens (including phenoxy) is 2. The first-order valence-electron chi connectivity index (χ1n) is 22.2. The fourth-order valence-corrected chi connectivity index (χ4v) is 8.63. The Morgan fingerprint density at radius 2 is 0.439 bits per heavy atom. The monoisotopic (exact) mass is 852 g/mol. The van der Waals surface area contributed by atoms with Gasteiger partial charge in [-0.25, -0.2) is 0 Å². The maximum atomic E-state index is 5.58. The minimum atomic E-state index is 0.812. The van der Waals surface area contributed by atoms with Crippen LogP contribution in [0.4, 0.5) is 34.1 Å². The predicted octanol–water partition coefficient (Wildman–Crippen LogP) is 17.0. The highest BCUT2D eigenvalue weighted by molar-refractivity contribution is 5.88. The molecule has 0 aliphatic carbocycles. The summed E-state index contributed by atoms with van der Waals surface area (Å²) in [7, 11) is 3.41. The van der Waals surface area contributed by atoms with Crippen molar-refractivity contribution in [3.8, 4) is 67.1 Å². The normalized spacial score (nSPS) is 10.9. The van der Waals surface area contributed by atoms with Crippen molar-refractivity contribution in [3.05, 3.63) is 255 Å². The van der Waals surface area contributed by atoms with Crippen molar-refractivity contribution in [2.75, 3.05) is 24.0 Å². The molecule has 4 heteroatoms. The highest BCUT2D eigenvalue weighted by atomic mass is 16.5. The van der Waals surface area contributed by atoms with E-state index in [1.165, 1.54) is 0 Å². The van der Waals surface area contributed by atoms with Gasteiger partial charge in [0.1, 0.15) is 11.5 Å². The summed E-state index contributed by atoms with van der Waals surface area (Å²) in [4.78, 5) is 4.65. The lowest BCUT2D eigenvalue weighted by atomic mass is 9.97. The van der Waals surface area contributed by atoms with Crippen LogP contribution in [0.15, 0.2) is 255 Å². The third kappa shape index (κ3) is 8.94. The van der Waals surface area contributed by atoms with Crippen molar-refractivity contribution in [2.24, 2.45) is 0 Å². The molecule has 0 radical (unpaired) electrons. The second kappa shape index (κ2) is 19.0. The van der Waals surface area contributed by atoms with Gasteiger partial charge in [-0.15, -0.1) is 0 Å². The Balaban J connectivity index is 1.04. The average molecular weight is 853 g/mol. The van der Waals surface area contributed by atoms with Crippen LogP contribution in [0, 0.1) is 0 Å². The van der Waals surface area contributed by atoms with Gasteiger partial charge in [-0.05, 0) is 165 Å². The molecule has 0 N–H and O–H groups in total. The first kappa shape index (κ1) is 41.4. The molecule has 0 spiro atoms. The highest BCUT2D eigenvalue weighted by Gasteiger charge is 2.19. The third-order valence-corrected chi connectivity index (χ3v) is 12.0. The molecule has 0 unspecified atom stereocenters. The summed E-state index contributed by atoms with van der Waals surface area (Å²) in [5.41, 5.74) is 17.7. The van der Waals surface area contributed by atoms with Gasteiger partial charge in [0.05, 0.1) is 14.2 Å². The second-order valence-corrected chi connectivity index (χ2v) is 16.2. The molecule has 4 nitrogen and oxygen atoms in total. The van der Waals surface area contributed by atoms with Gasteiger partial charge in [-0.1, -0.05) is 146 Å². The van der Waals surface area contributed by atoms with Gasteiger partial charge in [0.25, 0.3) is 0 Å². The van der Waals surface area contributed by atoms with Crippen LogP contribution in [0.1, 0.15) is 0 Å².